The van der Waals surface area contributed by atoms with Gasteiger partial charge in [0.05, 0.1) is 0 Å². The molecule has 0 spiro atoms. The predicted octanol–water partition coefficient (Wildman–Crippen LogP) is 2.08. The van der Waals surface area contributed by atoms with Gasteiger partial charge in [-0.1, -0.05) is 12.1 Å². The smallest absolute Gasteiger partial charge is 0.0373 e. The van der Waals surface area contributed by atoms with Gasteiger partial charge >= 0.3 is 0 Å². The Kier molecular flexibility index (Phi) is 1.95. The van der Waals surface area contributed by atoms with Crippen molar-refractivity contribution in [2.45, 2.75) is 25.3 Å². The van der Waals surface area contributed by atoms with Gasteiger partial charge in [0.25, 0.3) is 0 Å². The van der Waals surface area contributed by atoms with Gasteiger partial charge in [0, 0.05) is 18.3 Å². The Balaban J connectivity index is 1.91. The molecule has 0 radical (unpaired) electrons. The maximum Gasteiger partial charge on any atom is 0.0373 e. The summed E-state index contributed by atoms with van der Waals surface area (Å²) in [5.74, 6) is 0. The lowest BCUT2D eigenvalue weighted by atomic mass is 10.0. The van der Waals surface area contributed by atoms with Gasteiger partial charge in [0.1, 0.15) is 0 Å². The Bertz CT molecular complexity index is 340. The third-order valence-electron chi connectivity index (χ3n) is 3.30. The van der Waals surface area contributed by atoms with Crippen molar-refractivity contribution in [1.29, 1.82) is 0 Å². The zero-order valence-electron chi connectivity index (χ0n) is 8.34. The number of fused-ring (bicyclic) bond motifs is 1. The maximum absolute atomic E-state index is 3.54. The van der Waals surface area contributed by atoms with Crippen molar-refractivity contribution >= 4 is 5.69 Å². The third kappa shape index (κ3) is 1.30. The molecule has 0 bridgehead atoms. The highest BCUT2D eigenvalue weighted by atomic mass is 14.9. The summed E-state index contributed by atoms with van der Waals surface area (Å²) in [6.07, 6.45) is 3.81. The van der Waals surface area contributed by atoms with Crippen LogP contribution in [0.3, 0.4) is 0 Å². The van der Waals surface area contributed by atoms with Gasteiger partial charge in [-0.25, -0.2) is 0 Å². The van der Waals surface area contributed by atoms with E-state index < -0.39 is 0 Å². The zero-order valence-corrected chi connectivity index (χ0v) is 8.34. The lowest BCUT2D eigenvalue weighted by molar-refractivity contribution is 0.647. The molecule has 2 N–H and O–H groups in total. The lowest BCUT2D eigenvalue weighted by Crippen LogP contribution is -2.12. The molecule has 2 aliphatic heterocycles. The molecule has 1 fully saturated rings. The second-order valence-electron chi connectivity index (χ2n) is 4.24. The molecule has 0 amide bonds. The average molecular weight is 188 g/mol. The van der Waals surface area contributed by atoms with Crippen LogP contribution in [0, 0.1) is 0 Å². The van der Waals surface area contributed by atoms with Crippen LogP contribution in [0.1, 0.15) is 30.0 Å². The Morgan fingerprint density at radius 3 is 3.07 bits per heavy atom. The Morgan fingerprint density at radius 2 is 2.21 bits per heavy atom. The van der Waals surface area contributed by atoms with E-state index in [0.29, 0.717) is 6.04 Å². The van der Waals surface area contributed by atoms with Crippen molar-refractivity contribution in [1.82, 2.24) is 5.32 Å². The highest BCUT2D eigenvalue weighted by molar-refractivity contribution is 5.56. The molecule has 74 valence electrons. The van der Waals surface area contributed by atoms with Crippen molar-refractivity contribution < 1.29 is 0 Å². The van der Waals surface area contributed by atoms with E-state index in [9.17, 15) is 0 Å². The minimum atomic E-state index is 0.612. The molecule has 14 heavy (non-hydrogen) atoms. The van der Waals surface area contributed by atoms with Gasteiger partial charge in [0.15, 0.2) is 0 Å². The van der Waals surface area contributed by atoms with E-state index in [2.05, 4.69) is 28.8 Å². The molecule has 1 saturated heterocycles. The van der Waals surface area contributed by atoms with Crippen molar-refractivity contribution in [2.24, 2.45) is 0 Å². The number of hydrogen-bond donors (Lipinski definition) is 2. The molecule has 2 aliphatic rings. The van der Waals surface area contributed by atoms with Gasteiger partial charge in [0.2, 0.25) is 0 Å². The predicted molar refractivity (Wildman–Crippen MR) is 58.6 cm³/mol. The van der Waals surface area contributed by atoms with E-state index in [-0.39, 0.29) is 0 Å². The van der Waals surface area contributed by atoms with Crippen molar-refractivity contribution in [3.8, 4) is 0 Å². The average Bonchev–Trinajstić information content (AvgIpc) is 2.88. The second kappa shape index (κ2) is 3.28. The second-order valence-corrected chi connectivity index (χ2v) is 4.24. The summed E-state index contributed by atoms with van der Waals surface area (Å²) in [7, 11) is 0. The molecule has 3 rings (SSSR count). The molecule has 2 heterocycles. The fraction of sp³-hybridized carbons (Fsp3) is 0.500. The first-order valence-electron chi connectivity index (χ1n) is 5.53. The summed E-state index contributed by atoms with van der Waals surface area (Å²) in [5.41, 5.74) is 4.31. The van der Waals surface area contributed by atoms with Gasteiger partial charge in [-0.15, -0.1) is 0 Å². The van der Waals surface area contributed by atoms with Crippen molar-refractivity contribution in [2.75, 3.05) is 18.4 Å². The van der Waals surface area contributed by atoms with E-state index in [1.165, 1.54) is 42.6 Å². The SMILES string of the molecule is c1cc2c(cc1[C@H]1CCCN1)CCN2. The van der Waals surface area contributed by atoms with Gasteiger partial charge < -0.3 is 10.6 Å². The van der Waals surface area contributed by atoms with E-state index >= 15 is 0 Å². The summed E-state index contributed by atoms with van der Waals surface area (Å²) in [5, 5.41) is 6.94. The van der Waals surface area contributed by atoms with E-state index in [0.717, 1.165) is 6.54 Å². The highest BCUT2D eigenvalue weighted by Gasteiger charge is 2.18. The van der Waals surface area contributed by atoms with Gasteiger partial charge in [-0.05, 0) is 43.0 Å². The number of nitrogens with one attached hydrogen (secondary N) is 2. The topological polar surface area (TPSA) is 24.1 Å². The molecular formula is C12H16N2. The summed E-state index contributed by atoms with van der Waals surface area (Å²) >= 11 is 0. The molecule has 0 aliphatic carbocycles. The van der Waals surface area contributed by atoms with Crippen LogP contribution in [0.4, 0.5) is 5.69 Å². The van der Waals surface area contributed by atoms with Crippen LogP contribution in [-0.2, 0) is 6.42 Å². The molecule has 1 atom stereocenters. The van der Waals surface area contributed by atoms with E-state index in [4.69, 9.17) is 0 Å². The fourth-order valence-corrected chi connectivity index (χ4v) is 2.51. The summed E-state index contributed by atoms with van der Waals surface area (Å²) in [6.45, 7) is 2.29. The molecule has 2 nitrogen and oxygen atoms in total. The molecule has 0 unspecified atom stereocenters. The quantitative estimate of drug-likeness (QED) is 0.705. The van der Waals surface area contributed by atoms with Crippen LogP contribution in [0.25, 0.3) is 0 Å². The Morgan fingerprint density at radius 1 is 1.21 bits per heavy atom. The molecule has 1 aromatic carbocycles. The van der Waals surface area contributed by atoms with Crippen LogP contribution >= 0.6 is 0 Å². The number of anilines is 1. The van der Waals surface area contributed by atoms with Gasteiger partial charge in [-0.2, -0.15) is 0 Å². The normalized spacial score (nSPS) is 24.7. The van der Waals surface area contributed by atoms with Crippen molar-refractivity contribution in [3.63, 3.8) is 0 Å². The number of benzene rings is 1. The van der Waals surface area contributed by atoms with Crippen LogP contribution in [0.15, 0.2) is 18.2 Å². The zero-order chi connectivity index (χ0) is 9.38. The lowest BCUT2D eigenvalue weighted by Gasteiger charge is -2.11. The molecule has 1 aromatic rings. The van der Waals surface area contributed by atoms with Crippen LogP contribution in [0.2, 0.25) is 0 Å². The fourth-order valence-electron chi connectivity index (χ4n) is 2.51. The van der Waals surface area contributed by atoms with Crippen molar-refractivity contribution in [3.05, 3.63) is 29.3 Å². The summed E-state index contributed by atoms with van der Waals surface area (Å²) in [6, 6.07) is 7.48. The Hall–Kier alpha value is -1.02. The molecule has 2 heteroatoms. The summed E-state index contributed by atoms with van der Waals surface area (Å²) in [4.78, 5) is 0. The largest absolute Gasteiger partial charge is 0.384 e. The first-order valence-corrected chi connectivity index (χ1v) is 5.53. The minimum Gasteiger partial charge on any atom is -0.384 e. The standard InChI is InChI=1S/C12H16N2/c1-2-11(13-6-1)9-3-4-12-10(8-9)5-7-14-12/h3-4,8,11,13-14H,1-2,5-7H2/t11-/m1/s1. The van der Waals surface area contributed by atoms with Crippen LogP contribution in [-0.4, -0.2) is 13.1 Å². The third-order valence-corrected chi connectivity index (χ3v) is 3.30. The van der Waals surface area contributed by atoms with Crippen LogP contribution < -0.4 is 10.6 Å². The first-order chi connectivity index (χ1) is 6.93. The molecule has 0 saturated carbocycles. The van der Waals surface area contributed by atoms with E-state index in [1.807, 2.05) is 0 Å². The minimum absolute atomic E-state index is 0.612. The maximum atomic E-state index is 3.54. The monoisotopic (exact) mass is 188 g/mol. The van der Waals surface area contributed by atoms with Crippen LogP contribution in [0.5, 0.6) is 0 Å². The summed E-state index contributed by atoms with van der Waals surface area (Å²) < 4.78 is 0. The van der Waals surface area contributed by atoms with Gasteiger partial charge in [-0.3, -0.25) is 0 Å². The number of rotatable bonds is 1. The highest BCUT2D eigenvalue weighted by Crippen LogP contribution is 2.29. The Labute approximate surface area is 84.7 Å². The first kappa shape index (κ1) is 8.30. The molecular weight excluding hydrogens is 172 g/mol. The number of hydrogen-bond acceptors (Lipinski definition) is 2. The molecule has 0 aromatic heterocycles. The van der Waals surface area contributed by atoms with E-state index in [1.54, 1.807) is 0 Å².